The van der Waals surface area contributed by atoms with Crippen LogP contribution >= 0.6 is 34.2 Å². The molecule has 3 heterocycles. The van der Waals surface area contributed by atoms with Crippen molar-refractivity contribution in [2.45, 2.75) is 13.0 Å². The fraction of sp³-hybridized carbons (Fsp3) is 0.294. The highest BCUT2D eigenvalue weighted by Gasteiger charge is 2.25. The first-order valence-electron chi connectivity index (χ1n) is 7.82. The van der Waals surface area contributed by atoms with E-state index < -0.39 is 0 Å². The summed E-state index contributed by atoms with van der Waals surface area (Å²) in [6.07, 6.45) is 1.77. The lowest BCUT2D eigenvalue weighted by atomic mass is 10.1. The van der Waals surface area contributed by atoms with Gasteiger partial charge in [0.25, 0.3) is 6.01 Å². The van der Waals surface area contributed by atoms with Gasteiger partial charge in [-0.05, 0) is 47.7 Å². The molecule has 0 amide bonds. The molecule has 1 N–H and O–H groups in total. The Morgan fingerprint density at radius 3 is 3.04 bits per heavy atom. The first-order valence-corrected chi connectivity index (χ1v) is 9.28. The Bertz CT molecular complexity index is 883. The van der Waals surface area contributed by atoms with Gasteiger partial charge in [-0.2, -0.15) is 4.98 Å². The molecule has 0 spiro atoms. The van der Waals surface area contributed by atoms with Crippen LogP contribution in [0.4, 0.5) is 6.01 Å². The maximum absolute atomic E-state index is 6.43. The number of piperazine rings is 1. The third-order valence-electron chi connectivity index (χ3n) is 4.24. The number of benzene rings is 1. The number of nitrogens with zero attached hydrogens (tertiary/aromatic N) is 3. The zero-order chi connectivity index (χ0) is 16.7. The van der Waals surface area contributed by atoms with Crippen molar-refractivity contribution in [2.75, 3.05) is 24.5 Å². The number of oxazole rings is 1. The highest BCUT2D eigenvalue weighted by molar-refractivity contribution is 14.1. The molecule has 1 saturated heterocycles. The van der Waals surface area contributed by atoms with E-state index >= 15 is 0 Å². The Morgan fingerprint density at radius 1 is 1.42 bits per heavy atom. The molecule has 0 saturated carbocycles. The van der Waals surface area contributed by atoms with E-state index in [1.165, 1.54) is 0 Å². The van der Waals surface area contributed by atoms with Crippen LogP contribution in [-0.2, 0) is 0 Å². The third kappa shape index (κ3) is 2.76. The molecular weight excluding hydrogens is 439 g/mol. The lowest BCUT2D eigenvalue weighted by molar-refractivity contribution is 0.456. The van der Waals surface area contributed by atoms with E-state index in [1.807, 2.05) is 24.3 Å². The second-order valence-corrected chi connectivity index (χ2v) is 7.34. The second-order valence-electron chi connectivity index (χ2n) is 5.86. The van der Waals surface area contributed by atoms with Crippen LogP contribution in [0.1, 0.15) is 6.92 Å². The SMILES string of the molecule is CC1CNCCN1c1nc2c(I)c(Cl)cc(-c3ccccn3)c2o1. The maximum atomic E-state index is 6.43. The van der Waals surface area contributed by atoms with Gasteiger partial charge in [0.15, 0.2) is 5.58 Å². The Balaban J connectivity index is 1.90. The van der Waals surface area contributed by atoms with Gasteiger partial charge in [0.05, 0.1) is 14.3 Å². The number of aromatic nitrogens is 2. The van der Waals surface area contributed by atoms with Crippen LogP contribution in [0, 0.1) is 3.57 Å². The fourth-order valence-electron chi connectivity index (χ4n) is 2.97. The van der Waals surface area contributed by atoms with Crippen LogP contribution in [-0.4, -0.2) is 35.6 Å². The monoisotopic (exact) mass is 454 g/mol. The Labute approximate surface area is 158 Å². The van der Waals surface area contributed by atoms with Crippen LogP contribution in [0.25, 0.3) is 22.4 Å². The summed E-state index contributed by atoms with van der Waals surface area (Å²) in [5.74, 6) is 0. The van der Waals surface area contributed by atoms with Gasteiger partial charge in [-0.1, -0.05) is 17.7 Å². The minimum atomic E-state index is 0.332. The Kier molecular flexibility index (Phi) is 4.36. The van der Waals surface area contributed by atoms with Gasteiger partial charge < -0.3 is 14.6 Å². The van der Waals surface area contributed by atoms with E-state index in [4.69, 9.17) is 21.0 Å². The number of halogens is 2. The summed E-state index contributed by atoms with van der Waals surface area (Å²) < 4.78 is 7.09. The Hall–Kier alpha value is -1.38. The quantitative estimate of drug-likeness (QED) is 0.594. The molecule has 1 fully saturated rings. The van der Waals surface area contributed by atoms with Crippen LogP contribution < -0.4 is 10.2 Å². The molecule has 1 aliphatic heterocycles. The van der Waals surface area contributed by atoms with Crippen molar-refractivity contribution in [3.63, 3.8) is 0 Å². The summed E-state index contributed by atoms with van der Waals surface area (Å²) in [5.41, 5.74) is 3.24. The lowest BCUT2D eigenvalue weighted by Crippen LogP contribution is -2.50. The zero-order valence-corrected chi connectivity index (χ0v) is 16.0. The maximum Gasteiger partial charge on any atom is 0.298 e. The minimum Gasteiger partial charge on any atom is -0.423 e. The smallest absolute Gasteiger partial charge is 0.298 e. The van der Waals surface area contributed by atoms with Gasteiger partial charge in [0.2, 0.25) is 0 Å². The van der Waals surface area contributed by atoms with E-state index in [0.717, 1.165) is 45.6 Å². The molecule has 1 aromatic carbocycles. The molecule has 124 valence electrons. The minimum absolute atomic E-state index is 0.332. The summed E-state index contributed by atoms with van der Waals surface area (Å²) >= 11 is 8.65. The van der Waals surface area contributed by atoms with Crippen LogP contribution in [0.15, 0.2) is 34.9 Å². The molecule has 1 aliphatic rings. The topological polar surface area (TPSA) is 54.2 Å². The van der Waals surface area contributed by atoms with E-state index in [-0.39, 0.29) is 0 Å². The largest absolute Gasteiger partial charge is 0.423 e. The Morgan fingerprint density at radius 2 is 2.29 bits per heavy atom. The zero-order valence-electron chi connectivity index (χ0n) is 13.1. The molecule has 0 aliphatic carbocycles. The number of hydrogen-bond acceptors (Lipinski definition) is 5. The van der Waals surface area contributed by atoms with E-state index in [0.29, 0.717) is 17.1 Å². The number of rotatable bonds is 2. The average molecular weight is 455 g/mol. The summed E-state index contributed by atoms with van der Waals surface area (Å²) in [5, 5.41) is 4.05. The molecule has 5 nitrogen and oxygen atoms in total. The van der Waals surface area contributed by atoms with Gasteiger partial charge in [0.1, 0.15) is 5.52 Å². The van der Waals surface area contributed by atoms with Gasteiger partial charge in [-0.3, -0.25) is 4.98 Å². The van der Waals surface area contributed by atoms with Crippen molar-refractivity contribution in [2.24, 2.45) is 0 Å². The van der Waals surface area contributed by atoms with Gasteiger partial charge in [0, 0.05) is 37.4 Å². The molecule has 0 radical (unpaired) electrons. The molecule has 1 atom stereocenters. The van der Waals surface area contributed by atoms with Crippen LogP contribution in [0.2, 0.25) is 5.02 Å². The summed E-state index contributed by atoms with van der Waals surface area (Å²) in [6.45, 7) is 4.88. The number of fused-ring (bicyclic) bond motifs is 1. The third-order valence-corrected chi connectivity index (χ3v) is 5.95. The predicted molar refractivity (Wildman–Crippen MR) is 105 cm³/mol. The van der Waals surface area contributed by atoms with Crippen LogP contribution in [0.5, 0.6) is 0 Å². The number of hydrogen-bond donors (Lipinski definition) is 1. The summed E-state index contributed by atoms with van der Waals surface area (Å²) in [4.78, 5) is 11.4. The molecular formula is C17H16ClIN4O. The number of nitrogens with one attached hydrogen (secondary N) is 1. The van der Waals surface area contributed by atoms with Gasteiger partial charge >= 0.3 is 0 Å². The molecule has 24 heavy (non-hydrogen) atoms. The highest BCUT2D eigenvalue weighted by atomic mass is 127. The first-order chi connectivity index (χ1) is 11.6. The summed E-state index contributed by atoms with van der Waals surface area (Å²) in [7, 11) is 0. The van der Waals surface area contributed by atoms with E-state index in [9.17, 15) is 0 Å². The number of anilines is 1. The summed E-state index contributed by atoms with van der Waals surface area (Å²) in [6, 6.07) is 8.69. The van der Waals surface area contributed by atoms with Crippen molar-refractivity contribution in [3.05, 3.63) is 39.1 Å². The number of pyridine rings is 1. The molecule has 2 aromatic heterocycles. The van der Waals surface area contributed by atoms with E-state index in [1.54, 1.807) is 6.20 Å². The normalized spacial score (nSPS) is 18.3. The first kappa shape index (κ1) is 16.1. The molecule has 0 bridgehead atoms. The standard InChI is InChI=1S/C17H16ClIN4O/c1-10-9-20-6-7-23(10)17-22-15-14(19)12(18)8-11(16(15)24-17)13-4-2-3-5-21-13/h2-5,8,10,20H,6-7,9H2,1H3. The average Bonchev–Trinajstić information content (AvgIpc) is 3.04. The lowest BCUT2D eigenvalue weighted by Gasteiger charge is -2.32. The van der Waals surface area contributed by atoms with Crippen LogP contribution in [0.3, 0.4) is 0 Å². The molecule has 1 unspecified atom stereocenters. The van der Waals surface area contributed by atoms with Gasteiger partial charge in [-0.25, -0.2) is 0 Å². The van der Waals surface area contributed by atoms with E-state index in [2.05, 4.69) is 44.7 Å². The van der Waals surface area contributed by atoms with Crippen molar-refractivity contribution >= 4 is 51.3 Å². The van der Waals surface area contributed by atoms with Crippen molar-refractivity contribution in [1.82, 2.24) is 15.3 Å². The van der Waals surface area contributed by atoms with Crippen molar-refractivity contribution in [3.8, 4) is 11.3 Å². The van der Waals surface area contributed by atoms with Gasteiger partial charge in [-0.15, -0.1) is 0 Å². The molecule has 3 aromatic rings. The fourth-order valence-corrected chi connectivity index (χ4v) is 3.69. The second kappa shape index (κ2) is 6.50. The van der Waals surface area contributed by atoms with Crippen molar-refractivity contribution in [1.29, 1.82) is 0 Å². The molecule has 4 rings (SSSR count). The highest BCUT2D eigenvalue weighted by Crippen LogP contribution is 2.37. The predicted octanol–water partition coefficient (Wildman–Crippen LogP) is 3.95. The molecule has 7 heteroatoms. The van der Waals surface area contributed by atoms with Crippen molar-refractivity contribution < 1.29 is 4.42 Å².